The zero-order valence-corrected chi connectivity index (χ0v) is 33.1. The molecular weight excluding hydrogens is 728 g/mol. The molecule has 0 fully saturated rings. The number of hydrogen-bond acceptors (Lipinski definition) is 14. The molecule has 2 heterocycles. The molecule has 0 saturated carbocycles. The Morgan fingerprint density at radius 1 is 0.500 bits per heavy atom. The molecule has 0 saturated heterocycles. The van der Waals surface area contributed by atoms with E-state index in [9.17, 15) is 9.59 Å². The van der Waals surface area contributed by atoms with Gasteiger partial charge in [0.05, 0.1) is 56.9 Å². The Kier molecular flexibility index (Phi) is 11.8. The maximum atomic E-state index is 12.6. The number of rotatable bonds is 13. The molecule has 0 spiro atoms. The van der Waals surface area contributed by atoms with E-state index in [0.29, 0.717) is 90.9 Å². The molecule has 14 nitrogen and oxygen atoms in total. The van der Waals surface area contributed by atoms with Crippen molar-refractivity contribution < 1.29 is 66.4 Å². The van der Waals surface area contributed by atoms with Crippen molar-refractivity contribution in [3.05, 3.63) is 70.8 Å². The summed E-state index contributed by atoms with van der Waals surface area (Å²) in [6, 6.07) is 14.5. The van der Waals surface area contributed by atoms with Crippen molar-refractivity contribution in [3.8, 4) is 68.6 Å². The Morgan fingerprint density at radius 2 is 0.982 bits per heavy atom. The maximum absolute atomic E-state index is 12.6. The largest absolute Gasteiger partial charge is 0.493 e. The summed E-state index contributed by atoms with van der Waals surface area (Å²) >= 11 is 0. The summed E-state index contributed by atoms with van der Waals surface area (Å²) in [5.41, 5.74) is 3.92. The number of methoxy groups -OCH3 is 8. The first-order valence-corrected chi connectivity index (χ1v) is 17.7. The molecule has 0 aromatic heterocycles. The predicted molar refractivity (Wildman–Crippen MR) is 202 cm³/mol. The fourth-order valence-electron chi connectivity index (χ4n) is 7.41. The smallest absolute Gasteiger partial charge is 0.303 e. The Balaban J connectivity index is 1.54. The van der Waals surface area contributed by atoms with Crippen LogP contribution in [0.1, 0.15) is 48.3 Å². The predicted octanol–water partition coefficient (Wildman–Crippen LogP) is 6.64. The van der Waals surface area contributed by atoms with Gasteiger partial charge in [0.25, 0.3) is 0 Å². The van der Waals surface area contributed by atoms with Crippen LogP contribution in [0.25, 0.3) is 11.1 Å². The molecule has 0 N–H and O–H groups in total. The minimum Gasteiger partial charge on any atom is -0.493 e. The number of esters is 2. The molecule has 56 heavy (non-hydrogen) atoms. The lowest BCUT2D eigenvalue weighted by atomic mass is 9.86. The van der Waals surface area contributed by atoms with Crippen molar-refractivity contribution in [1.29, 1.82) is 0 Å². The molecule has 0 amide bonds. The van der Waals surface area contributed by atoms with Crippen LogP contribution in [-0.4, -0.2) is 81.0 Å². The average molecular weight is 775 g/mol. The number of hydrogen-bond donors (Lipinski definition) is 0. The van der Waals surface area contributed by atoms with E-state index in [-0.39, 0.29) is 12.8 Å². The SMILES string of the molecule is COc1ccc(C2Oc3c(cc(-c4cc(OC)c(OC)c5c4C[C@@H](OC(C)=O)C(c4ccc(OC)c(OC)c4)O5)c(OC)c3OC)C[C@@H]2OC(C)=O)cc1OC. The number of carbonyl (C=O) groups excluding carboxylic acids is 2. The van der Waals surface area contributed by atoms with Gasteiger partial charge in [-0.2, -0.15) is 0 Å². The van der Waals surface area contributed by atoms with Gasteiger partial charge in [-0.05, 0) is 42.0 Å². The van der Waals surface area contributed by atoms with Crippen molar-refractivity contribution in [2.24, 2.45) is 0 Å². The lowest BCUT2D eigenvalue weighted by molar-refractivity contribution is -0.153. The van der Waals surface area contributed by atoms with Crippen LogP contribution in [-0.2, 0) is 31.9 Å². The van der Waals surface area contributed by atoms with Gasteiger partial charge in [-0.3, -0.25) is 9.59 Å². The summed E-state index contributed by atoms with van der Waals surface area (Å²) < 4.78 is 71.2. The summed E-state index contributed by atoms with van der Waals surface area (Å²) in [6.45, 7) is 2.70. The molecule has 2 unspecified atom stereocenters. The van der Waals surface area contributed by atoms with Crippen LogP contribution in [0.3, 0.4) is 0 Å². The van der Waals surface area contributed by atoms with E-state index >= 15 is 0 Å². The highest BCUT2D eigenvalue weighted by atomic mass is 16.6. The third kappa shape index (κ3) is 7.30. The van der Waals surface area contributed by atoms with Gasteiger partial charge in [0.15, 0.2) is 58.2 Å². The van der Waals surface area contributed by atoms with E-state index in [2.05, 4.69) is 0 Å². The van der Waals surface area contributed by atoms with Crippen LogP contribution in [0, 0.1) is 0 Å². The number of carbonyl (C=O) groups is 2. The second-order valence-electron chi connectivity index (χ2n) is 13.0. The van der Waals surface area contributed by atoms with Crippen LogP contribution in [0.2, 0.25) is 0 Å². The topological polar surface area (TPSA) is 145 Å². The van der Waals surface area contributed by atoms with Crippen molar-refractivity contribution in [3.63, 3.8) is 0 Å². The normalized spacial score (nSPS) is 18.1. The van der Waals surface area contributed by atoms with E-state index in [4.69, 9.17) is 56.8 Å². The summed E-state index contributed by atoms with van der Waals surface area (Å²) in [7, 11) is 12.3. The zero-order chi connectivity index (χ0) is 40.3. The van der Waals surface area contributed by atoms with Crippen LogP contribution in [0.15, 0.2) is 48.5 Å². The van der Waals surface area contributed by atoms with Crippen LogP contribution in [0.4, 0.5) is 0 Å². The first-order chi connectivity index (χ1) is 27.0. The number of benzene rings is 4. The standard InChI is InChI=1S/C42H46O14/c1-21(43)53-34-18-25-15-27(39(50-8)42(52-10)38(25)55-36(34)23-11-13-29(45-3)31(16-23)47-5)26-19-33(49-7)41(51-9)40-28(26)20-35(54-22(2)44)37(56-40)24-12-14-30(46-4)32(17-24)48-6/h11-17,19,34-37H,18,20H2,1-10H3/t34-,35+,36?,37?/m0/s1. The Hall–Kier alpha value is -6.18. The Labute approximate surface area is 325 Å². The van der Waals surface area contributed by atoms with Gasteiger partial charge < -0.3 is 56.8 Å². The molecule has 4 atom stereocenters. The van der Waals surface area contributed by atoms with Gasteiger partial charge in [0.1, 0.15) is 12.2 Å². The van der Waals surface area contributed by atoms with Gasteiger partial charge in [-0.25, -0.2) is 0 Å². The highest BCUT2D eigenvalue weighted by Gasteiger charge is 2.41. The molecule has 0 bridgehead atoms. The maximum Gasteiger partial charge on any atom is 0.303 e. The third-order valence-corrected chi connectivity index (χ3v) is 9.79. The fraction of sp³-hybridized carbons (Fsp3) is 0.381. The lowest BCUT2D eigenvalue weighted by Gasteiger charge is -2.37. The molecule has 2 aliphatic heterocycles. The Bertz CT molecular complexity index is 2110. The van der Waals surface area contributed by atoms with E-state index in [1.165, 1.54) is 42.3 Å². The van der Waals surface area contributed by atoms with Crippen LogP contribution >= 0.6 is 0 Å². The molecule has 6 rings (SSSR count). The van der Waals surface area contributed by atoms with Crippen LogP contribution in [0.5, 0.6) is 57.5 Å². The fourth-order valence-corrected chi connectivity index (χ4v) is 7.41. The molecule has 0 aliphatic carbocycles. The highest BCUT2D eigenvalue weighted by molar-refractivity contribution is 5.84. The van der Waals surface area contributed by atoms with Gasteiger partial charge in [0, 0.05) is 54.5 Å². The van der Waals surface area contributed by atoms with E-state index in [1.807, 2.05) is 24.3 Å². The average Bonchev–Trinajstić information content (AvgIpc) is 3.20. The van der Waals surface area contributed by atoms with E-state index in [1.54, 1.807) is 52.7 Å². The van der Waals surface area contributed by atoms with Crippen molar-refractivity contribution in [1.82, 2.24) is 0 Å². The molecule has 0 radical (unpaired) electrons. The molecule has 14 heteroatoms. The second kappa shape index (κ2) is 16.7. The lowest BCUT2D eigenvalue weighted by Crippen LogP contribution is -2.35. The molecule has 4 aromatic carbocycles. The monoisotopic (exact) mass is 774 g/mol. The number of fused-ring (bicyclic) bond motifs is 2. The molecule has 4 aromatic rings. The highest BCUT2D eigenvalue weighted by Crippen LogP contribution is 2.56. The van der Waals surface area contributed by atoms with Crippen molar-refractivity contribution in [2.45, 2.75) is 51.1 Å². The minimum atomic E-state index is -0.778. The summed E-state index contributed by atoms with van der Waals surface area (Å²) in [6.07, 6.45) is -2.56. The quantitative estimate of drug-likeness (QED) is 0.134. The summed E-state index contributed by atoms with van der Waals surface area (Å²) in [5, 5.41) is 0. The molecular formula is C42H46O14. The minimum absolute atomic E-state index is 0.208. The van der Waals surface area contributed by atoms with Gasteiger partial charge >= 0.3 is 11.9 Å². The van der Waals surface area contributed by atoms with Gasteiger partial charge in [-0.1, -0.05) is 12.1 Å². The van der Waals surface area contributed by atoms with Crippen LogP contribution < -0.4 is 47.4 Å². The summed E-state index contributed by atoms with van der Waals surface area (Å²) in [4.78, 5) is 25.1. The van der Waals surface area contributed by atoms with E-state index < -0.39 is 36.4 Å². The molecule has 298 valence electrons. The van der Waals surface area contributed by atoms with Crippen molar-refractivity contribution >= 4 is 11.9 Å². The number of ether oxygens (including phenoxy) is 12. The zero-order valence-electron chi connectivity index (χ0n) is 33.1. The summed E-state index contributed by atoms with van der Waals surface area (Å²) in [5.74, 6) is 3.25. The first kappa shape index (κ1) is 39.5. The molecule has 2 aliphatic rings. The van der Waals surface area contributed by atoms with Gasteiger partial charge in [0.2, 0.25) is 11.5 Å². The van der Waals surface area contributed by atoms with Crippen molar-refractivity contribution in [2.75, 3.05) is 56.9 Å². The first-order valence-electron chi connectivity index (χ1n) is 17.7. The van der Waals surface area contributed by atoms with Gasteiger partial charge in [-0.15, -0.1) is 0 Å². The Morgan fingerprint density at radius 3 is 1.45 bits per heavy atom. The van der Waals surface area contributed by atoms with E-state index in [0.717, 1.165) is 0 Å². The third-order valence-electron chi connectivity index (χ3n) is 9.79. The second-order valence-corrected chi connectivity index (χ2v) is 13.0.